The maximum atomic E-state index is 5.71. The number of nitrogens with one attached hydrogen (secondary N) is 1. The second-order valence-electron chi connectivity index (χ2n) is 4.91. The average Bonchev–Trinajstić information content (AvgIpc) is 2.99. The van der Waals surface area contributed by atoms with Crippen LogP contribution in [0.3, 0.4) is 0 Å². The van der Waals surface area contributed by atoms with Gasteiger partial charge in [-0.05, 0) is 24.6 Å². The summed E-state index contributed by atoms with van der Waals surface area (Å²) in [6.07, 6.45) is 1.74. The molecule has 1 aromatic heterocycles. The molecule has 5 heteroatoms. The van der Waals surface area contributed by atoms with E-state index in [-0.39, 0.29) is 6.04 Å². The Kier molecular flexibility index (Phi) is 3.77. The van der Waals surface area contributed by atoms with Crippen LogP contribution in [0.2, 0.25) is 0 Å². The van der Waals surface area contributed by atoms with E-state index in [9.17, 15) is 0 Å². The second-order valence-corrected chi connectivity index (χ2v) is 4.91. The molecule has 0 saturated heterocycles. The minimum atomic E-state index is -0.178. The Morgan fingerprint density at radius 1 is 1.10 bits per heavy atom. The lowest BCUT2D eigenvalue weighted by Crippen LogP contribution is -2.29. The molecule has 1 heterocycles. The summed E-state index contributed by atoms with van der Waals surface area (Å²) >= 11 is 0. The molecule has 2 aromatic carbocycles. The highest BCUT2D eigenvalue weighted by Crippen LogP contribution is 2.20. The van der Waals surface area contributed by atoms with Crippen LogP contribution >= 0.6 is 0 Å². The van der Waals surface area contributed by atoms with Crippen molar-refractivity contribution in [2.45, 2.75) is 13.0 Å². The van der Waals surface area contributed by atoms with Crippen molar-refractivity contribution in [2.75, 3.05) is 0 Å². The van der Waals surface area contributed by atoms with Crippen LogP contribution in [0.4, 0.5) is 0 Å². The van der Waals surface area contributed by atoms with Gasteiger partial charge in [-0.2, -0.15) is 15.0 Å². The largest absolute Gasteiger partial charge is 0.271 e. The minimum Gasteiger partial charge on any atom is -0.271 e. The molecule has 5 nitrogen and oxygen atoms in total. The van der Waals surface area contributed by atoms with Crippen LogP contribution < -0.4 is 11.3 Å². The van der Waals surface area contributed by atoms with Crippen molar-refractivity contribution >= 4 is 0 Å². The highest BCUT2D eigenvalue weighted by molar-refractivity contribution is 5.32. The number of nitrogens with zero attached hydrogens (tertiary/aromatic N) is 3. The molecule has 3 rings (SSSR count). The number of aryl methyl sites for hydroxylation is 1. The Morgan fingerprint density at radius 2 is 1.90 bits per heavy atom. The van der Waals surface area contributed by atoms with Crippen molar-refractivity contribution in [1.82, 2.24) is 20.4 Å². The standard InChI is InChI=1S/C16H17N5/c1-12-6-5-7-13(10-12)16(19-17)15-11-18-21(20-15)14-8-3-2-4-9-14/h2-11,16,19H,17H2,1H3. The van der Waals surface area contributed by atoms with Gasteiger partial charge in [0, 0.05) is 0 Å². The van der Waals surface area contributed by atoms with E-state index in [1.54, 1.807) is 11.0 Å². The van der Waals surface area contributed by atoms with Crippen molar-refractivity contribution in [2.24, 2.45) is 5.84 Å². The van der Waals surface area contributed by atoms with E-state index in [0.717, 1.165) is 16.9 Å². The molecule has 0 aliphatic rings. The van der Waals surface area contributed by atoms with Gasteiger partial charge < -0.3 is 0 Å². The predicted octanol–water partition coefficient (Wildman–Crippen LogP) is 2.13. The number of hydrazine groups is 1. The first-order valence-corrected chi connectivity index (χ1v) is 6.78. The lowest BCUT2D eigenvalue weighted by atomic mass is 10.0. The minimum absolute atomic E-state index is 0.178. The van der Waals surface area contributed by atoms with Crippen LogP contribution in [0.5, 0.6) is 0 Å². The fourth-order valence-electron chi connectivity index (χ4n) is 2.29. The number of hydrogen-bond donors (Lipinski definition) is 2. The van der Waals surface area contributed by atoms with Gasteiger partial charge in [0.05, 0.1) is 17.9 Å². The number of benzene rings is 2. The molecule has 0 aliphatic heterocycles. The summed E-state index contributed by atoms with van der Waals surface area (Å²) in [5.41, 5.74) is 6.77. The molecule has 0 fully saturated rings. The molecule has 3 N–H and O–H groups in total. The molecule has 106 valence electrons. The number of rotatable bonds is 4. The zero-order valence-electron chi connectivity index (χ0n) is 11.8. The highest BCUT2D eigenvalue weighted by atomic mass is 15.5. The first-order chi connectivity index (χ1) is 10.3. The van der Waals surface area contributed by atoms with Gasteiger partial charge >= 0.3 is 0 Å². The normalized spacial score (nSPS) is 12.3. The number of aromatic nitrogens is 3. The summed E-state index contributed by atoms with van der Waals surface area (Å²) in [5.74, 6) is 5.71. The number of para-hydroxylation sites is 1. The Bertz CT molecular complexity index is 720. The molecule has 0 saturated carbocycles. The van der Waals surface area contributed by atoms with Crippen LogP contribution in [0.15, 0.2) is 60.8 Å². The summed E-state index contributed by atoms with van der Waals surface area (Å²) < 4.78 is 0. The van der Waals surface area contributed by atoms with Gasteiger partial charge in [0.1, 0.15) is 5.69 Å². The van der Waals surface area contributed by atoms with E-state index >= 15 is 0 Å². The first kappa shape index (κ1) is 13.5. The molecular formula is C16H17N5. The third-order valence-corrected chi connectivity index (χ3v) is 3.33. The fourth-order valence-corrected chi connectivity index (χ4v) is 2.29. The van der Waals surface area contributed by atoms with E-state index in [1.165, 1.54) is 5.56 Å². The average molecular weight is 279 g/mol. The van der Waals surface area contributed by atoms with Crippen molar-refractivity contribution < 1.29 is 0 Å². The topological polar surface area (TPSA) is 68.8 Å². The van der Waals surface area contributed by atoms with Crippen LogP contribution in [0.25, 0.3) is 5.69 Å². The van der Waals surface area contributed by atoms with Gasteiger partial charge in [0.2, 0.25) is 0 Å². The van der Waals surface area contributed by atoms with E-state index in [1.807, 2.05) is 42.5 Å². The molecule has 0 amide bonds. The van der Waals surface area contributed by atoms with Gasteiger partial charge in [-0.3, -0.25) is 5.84 Å². The van der Waals surface area contributed by atoms with Crippen molar-refractivity contribution in [3.63, 3.8) is 0 Å². The third-order valence-electron chi connectivity index (χ3n) is 3.33. The Balaban J connectivity index is 1.94. The third kappa shape index (κ3) is 2.84. The monoisotopic (exact) mass is 279 g/mol. The Hall–Kier alpha value is -2.50. The van der Waals surface area contributed by atoms with Crippen LogP contribution in [0, 0.1) is 6.92 Å². The predicted molar refractivity (Wildman–Crippen MR) is 81.7 cm³/mol. The highest BCUT2D eigenvalue weighted by Gasteiger charge is 2.16. The zero-order chi connectivity index (χ0) is 14.7. The van der Waals surface area contributed by atoms with Gasteiger partial charge in [-0.1, -0.05) is 48.0 Å². The summed E-state index contributed by atoms with van der Waals surface area (Å²) in [6.45, 7) is 2.05. The van der Waals surface area contributed by atoms with E-state index in [2.05, 4.69) is 34.7 Å². The fraction of sp³-hybridized carbons (Fsp3) is 0.125. The molecule has 1 atom stereocenters. The maximum Gasteiger partial charge on any atom is 0.106 e. The van der Waals surface area contributed by atoms with Crippen molar-refractivity contribution in [3.8, 4) is 5.69 Å². The lowest BCUT2D eigenvalue weighted by Gasteiger charge is -2.13. The Morgan fingerprint density at radius 3 is 2.62 bits per heavy atom. The number of hydrogen-bond acceptors (Lipinski definition) is 4. The van der Waals surface area contributed by atoms with Gasteiger partial charge in [-0.15, -0.1) is 0 Å². The van der Waals surface area contributed by atoms with Crippen LogP contribution in [-0.2, 0) is 0 Å². The molecule has 0 spiro atoms. The van der Waals surface area contributed by atoms with E-state index in [4.69, 9.17) is 5.84 Å². The second kappa shape index (κ2) is 5.87. The lowest BCUT2D eigenvalue weighted by molar-refractivity contribution is 0.608. The van der Waals surface area contributed by atoms with Gasteiger partial charge in [0.25, 0.3) is 0 Å². The summed E-state index contributed by atoms with van der Waals surface area (Å²) in [4.78, 5) is 1.61. The molecule has 21 heavy (non-hydrogen) atoms. The number of nitrogens with two attached hydrogens (primary N) is 1. The van der Waals surface area contributed by atoms with Gasteiger partial charge in [0.15, 0.2) is 0 Å². The quantitative estimate of drug-likeness (QED) is 0.567. The first-order valence-electron chi connectivity index (χ1n) is 6.78. The maximum absolute atomic E-state index is 5.71. The van der Waals surface area contributed by atoms with Crippen LogP contribution in [0.1, 0.15) is 22.9 Å². The summed E-state index contributed by atoms with van der Waals surface area (Å²) in [5, 5.41) is 8.83. The zero-order valence-corrected chi connectivity index (χ0v) is 11.8. The molecule has 0 aliphatic carbocycles. The summed E-state index contributed by atoms with van der Waals surface area (Å²) in [7, 11) is 0. The van der Waals surface area contributed by atoms with E-state index in [0.29, 0.717) is 0 Å². The molecule has 1 unspecified atom stereocenters. The molecule has 0 bridgehead atoms. The summed E-state index contributed by atoms with van der Waals surface area (Å²) in [6, 6.07) is 17.8. The molecule has 3 aromatic rings. The molecule has 0 radical (unpaired) electrons. The van der Waals surface area contributed by atoms with Crippen LogP contribution in [-0.4, -0.2) is 15.0 Å². The van der Waals surface area contributed by atoms with E-state index < -0.39 is 0 Å². The SMILES string of the molecule is Cc1cccc(C(NN)c2cnn(-c3ccccc3)n2)c1. The smallest absolute Gasteiger partial charge is 0.106 e. The Labute approximate surface area is 123 Å². The van der Waals surface area contributed by atoms with Gasteiger partial charge in [-0.25, -0.2) is 5.43 Å². The molecular weight excluding hydrogens is 262 g/mol. The van der Waals surface area contributed by atoms with Crippen molar-refractivity contribution in [1.29, 1.82) is 0 Å². The van der Waals surface area contributed by atoms with Crippen molar-refractivity contribution in [3.05, 3.63) is 77.6 Å².